The molecular weight excluding hydrogens is 525 g/mol. The molecule has 0 aliphatic rings. The van der Waals surface area contributed by atoms with E-state index in [0.29, 0.717) is 11.2 Å². The molecule has 4 N–H and O–H groups in total. The first-order valence-corrected chi connectivity index (χ1v) is 10.8. The first-order valence-electron chi connectivity index (χ1n) is 10.5. The number of rotatable bonds is 8. The highest BCUT2D eigenvalue weighted by molar-refractivity contribution is 6.34. The van der Waals surface area contributed by atoms with E-state index in [4.69, 9.17) is 17.3 Å². The molecule has 0 unspecified atom stereocenters. The van der Waals surface area contributed by atoms with Gasteiger partial charge in [0.2, 0.25) is 5.95 Å². The smallest absolute Gasteiger partial charge is 0.387 e. The van der Waals surface area contributed by atoms with Crippen molar-refractivity contribution in [1.29, 1.82) is 0 Å². The second kappa shape index (κ2) is 10.2. The summed E-state index contributed by atoms with van der Waals surface area (Å²) in [4.78, 5) is 16.6. The highest BCUT2D eigenvalue weighted by atomic mass is 35.5. The molecule has 37 heavy (non-hydrogen) atoms. The summed E-state index contributed by atoms with van der Waals surface area (Å²) >= 11 is 6.00. The SMILES string of the molecule is Nc1nc2cc(-c3ccc(Cl)c(C(=O)NCC(F)(F)[C@H](O)c4ccc(OC(F)F)cc4)c3F)ccn2n1. The molecule has 0 fully saturated rings. The van der Waals surface area contributed by atoms with Gasteiger partial charge >= 0.3 is 6.61 Å². The number of carbonyl (C=O) groups is 1. The van der Waals surface area contributed by atoms with E-state index in [-0.39, 0.29) is 27.8 Å². The molecule has 2 aromatic carbocycles. The second-order valence-electron chi connectivity index (χ2n) is 7.77. The Morgan fingerprint density at radius 1 is 1.19 bits per heavy atom. The molecule has 4 rings (SSSR count). The lowest BCUT2D eigenvalue weighted by molar-refractivity contribution is -0.106. The van der Waals surface area contributed by atoms with Crippen LogP contribution in [0.1, 0.15) is 22.0 Å². The molecular formula is C23H17ClF5N5O3. The minimum Gasteiger partial charge on any atom is -0.435 e. The van der Waals surface area contributed by atoms with Crippen LogP contribution in [0.15, 0.2) is 54.7 Å². The van der Waals surface area contributed by atoms with Gasteiger partial charge in [0, 0.05) is 11.8 Å². The third kappa shape index (κ3) is 5.57. The molecule has 4 aromatic rings. The van der Waals surface area contributed by atoms with Gasteiger partial charge in [-0.05, 0) is 47.5 Å². The number of carbonyl (C=O) groups excluding carboxylic acids is 1. The number of halogens is 6. The van der Waals surface area contributed by atoms with Gasteiger partial charge in [-0.3, -0.25) is 4.79 Å². The monoisotopic (exact) mass is 541 g/mol. The van der Waals surface area contributed by atoms with Crippen LogP contribution in [0.5, 0.6) is 5.75 Å². The van der Waals surface area contributed by atoms with Crippen molar-refractivity contribution in [3.63, 3.8) is 0 Å². The average Bonchev–Trinajstić information content (AvgIpc) is 3.22. The summed E-state index contributed by atoms with van der Waals surface area (Å²) in [5.74, 6) is -6.53. The Labute approximate surface area is 210 Å². The minimum atomic E-state index is -3.92. The second-order valence-corrected chi connectivity index (χ2v) is 8.17. The number of nitrogens with one attached hydrogen (secondary N) is 1. The molecule has 0 aliphatic carbocycles. The van der Waals surface area contributed by atoms with Crippen molar-refractivity contribution < 1.29 is 36.6 Å². The van der Waals surface area contributed by atoms with Crippen LogP contribution in [-0.2, 0) is 0 Å². The number of hydrogen-bond donors (Lipinski definition) is 3. The molecule has 1 atom stereocenters. The van der Waals surface area contributed by atoms with Gasteiger partial charge in [-0.2, -0.15) is 13.8 Å². The predicted molar refractivity (Wildman–Crippen MR) is 123 cm³/mol. The maximum Gasteiger partial charge on any atom is 0.387 e. The number of aliphatic hydroxyl groups excluding tert-OH is 1. The van der Waals surface area contributed by atoms with E-state index in [1.165, 1.54) is 35.0 Å². The molecule has 0 saturated carbocycles. The summed E-state index contributed by atoms with van der Waals surface area (Å²) in [5, 5.41) is 15.5. The van der Waals surface area contributed by atoms with Gasteiger partial charge < -0.3 is 20.9 Å². The van der Waals surface area contributed by atoms with Crippen molar-refractivity contribution in [1.82, 2.24) is 19.9 Å². The molecule has 2 aromatic heterocycles. The van der Waals surface area contributed by atoms with Crippen LogP contribution >= 0.6 is 11.6 Å². The number of aromatic nitrogens is 3. The molecule has 0 aliphatic heterocycles. The van der Waals surface area contributed by atoms with E-state index in [1.54, 1.807) is 0 Å². The fraction of sp³-hybridized carbons (Fsp3) is 0.174. The predicted octanol–water partition coefficient (Wildman–Crippen LogP) is 4.47. The number of nitrogens with two attached hydrogens (primary N) is 1. The van der Waals surface area contributed by atoms with E-state index in [0.717, 1.165) is 24.3 Å². The van der Waals surface area contributed by atoms with Gasteiger partial charge in [-0.1, -0.05) is 23.7 Å². The van der Waals surface area contributed by atoms with Crippen molar-refractivity contribution in [2.45, 2.75) is 18.6 Å². The highest BCUT2D eigenvalue weighted by Gasteiger charge is 2.40. The van der Waals surface area contributed by atoms with Crippen LogP contribution in [0.2, 0.25) is 5.02 Å². The Bertz CT molecular complexity index is 1450. The van der Waals surface area contributed by atoms with Crippen LogP contribution in [0.25, 0.3) is 16.8 Å². The van der Waals surface area contributed by atoms with Gasteiger partial charge in [0.05, 0.1) is 17.1 Å². The Morgan fingerprint density at radius 2 is 1.89 bits per heavy atom. The van der Waals surface area contributed by atoms with Crippen molar-refractivity contribution in [3.8, 4) is 16.9 Å². The Morgan fingerprint density at radius 3 is 2.57 bits per heavy atom. The number of nitrogens with zero attached hydrogens (tertiary/aromatic N) is 3. The number of amides is 1. The largest absolute Gasteiger partial charge is 0.435 e. The van der Waals surface area contributed by atoms with Crippen LogP contribution in [-0.4, -0.2) is 44.7 Å². The maximum atomic E-state index is 15.3. The maximum absolute atomic E-state index is 15.3. The van der Waals surface area contributed by atoms with Crippen molar-refractivity contribution in [2.24, 2.45) is 0 Å². The normalized spacial score (nSPS) is 12.6. The molecule has 14 heteroatoms. The highest BCUT2D eigenvalue weighted by Crippen LogP contribution is 2.33. The summed E-state index contributed by atoms with van der Waals surface area (Å²) in [6.07, 6.45) is -0.946. The van der Waals surface area contributed by atoms with Crippen LogP contribution in [0, 0.1) is 5.82 Å². The lowest BCUT2D eigenvalue weighted by Crippen LogP contribution is -2.41. The first-order chi connectivity index (χ1) is 17.5. The summed E-state index contributed by atoms with van der Waals surface area (Å²) in [5.41, 5.74) is 5.08. The zero-order chi connectivity index (χ0) is 26.9. The number of anilines is 1. The lowest BCUT2D eigenvalue weighted by Gasteiger charge is -2.23. The lowest BCUT2D eigenvalue weighted by atomic mass is 10.0. The topological polar surface area (TPSA) is 115 Å². The molecule has 1 amide bonds. The number of nitrogen functional groups attached to an aromatic ring is 1. The first kappa shape index (κ1) is 26.1. The quantitative estimate of drug-likeness (QED) is 0.284. The van der Waals surface area contributed by atoms with Gasteiger partial charge in [-0.15, -0.1) is 5.10 Å². The number of alkyl halides is 4. The van der Waals surface area contributed by atoms with E-state index >= 15 is 4.39 Å². The zero-order valence-corrected chi connectivity index (χ0v) is 19.3. The van der Waals surface area contributed by atoms with Gasteiger partial charge in [0.25, 0.3) is 11.8 Å². The van der Waals surface area contributed by atoms with Gasteiger partial charge in [0.1, 0.15) is 17.7 Å². The van der Waals surface area contributed by atoms with Gasteiger partial charge in [0.15, 0.2) is 5.65 Å². The molecule has 0 radical (unpaired) electrons. The summed E-state index contributed by atoms with van der Waals surface area (Å²) < 4.78 is 74.5. The van der Waals surface area contributed by atoms with Crippen molar-refractivity contribution >= 4 is 29.1 Å². The zero-order valence-electron chi connectivity index (χ0n) is 18.5. The van der Waals surface area contributed by atoms with E-state index in [9.17, 15) is 27.5 Å². The molecule has 0 saturated heterocycles. The number of aliphatic hydroxyl groups is 1. The van der Waals surface area contributed by atoms with Crippen LogP contribution in [0.4, 0.5) is 27.9 Å². The van der Waals surface area contributed by atoms with Crippen LogP contribution < -0.4 is 15.8 Å². The number of hydrogen-bond acceptors (Lipinski definition) is 6. The third-order valence-electron chi connectivity index (χ3n) is 5.29. The third-order valence-corrected chi connectivity index (χ3v) is 5.60. The molecule has 2 heterocycles. The fourth-order valence-electron chi connectivity index (χ4n) is 3.51. The van der Waals surface area contributed by atoms with E-state index < -0.39 is 42.5 Å². The number of benzene rings is 2. The number of fused-ring (bicyclic) bond motifs is 1. The molecule has 0 spiro atoms. The number of pyridine rings is 1. The van der Waals surface area contributed by atoms with E-state index in [1.807, 2.05) is 5.32 Å². The van der Waals surface area contributed by atoms with E-state index in [2.05, 4.69) is 14.8 Å². The standard InChI is InChI=1S/C23H17ClF5N5O3/c24-15-6-5-14(12-7-8-34-16(9-12)32-22(30)33-34)18(25)17(15)20(36)31-10-23(28,29)19(35)11-1-3-13(4-2-11)37-21(26)27/h1-9,19,21,35H,10H2,(H2,30,33)(H,31,36)/t19-/m1/s1. The summed E-state index contributed by atoms with van der Waals surface area (Å²) in [6.45, 7) is -4.49. The Balaban J connectivity index is 1.52. The average molecular weight is 542 g/mol. The molecule has 8 nitrogen and oxygen atoms in total. The number of ether oxygens (including phenoxy) is 1. The van der Waals surface area contributed by atoms with Crippen molar-refractivity contribution in [2.75, 3.05) is 12.3 Å². The van der Waals surface area contributed by atoms with Gasteiger partial charge in [-0.25, -0.2) is 17.7 Å². The molecule has 194 valence electrons. The minimum absolute atomic E-state index is 0.00524. The molecule has 0 bridgehead atoms. The summed E-state index contributed by atoms with van der Waals surface area (Å²) in [7, 11) is 0. The van der Waals surface area contributed by atoms with Crippen LogP contribution in [0.3, 0.4) is 0 Å². The summed E-state index contributed by atoms with van der Waals surface area (Å²) in [6, 6.07) is 9.37. The Hall–Kier alpha value is -3.97. The van der Waals surface area contributed by atoms with Crippen molar-refractivity contribution in [3.05, 3.63) is 76.7 Å². The fourth-order valence-corrected chi connectivity index (χ4v) is 3.74. The Kier molecular flexibility index (Phi) is 7.18.